The Balaban J connectivity index is 1.58. The van der Waals surface area contributed by atoms with Gasteiger partial charge in [-0.1, -0.05) is 42.5 Å². The summed E-state index contributed by atoms with van der Waals surface area (Å²) in [7, 11) is 1.66. The van der Waals surface area contributed by atoms with E-state index in [0.717, 1.165) is 40.3 Å². The Morgan fingerprint density at radius 2 is 1.86 bits per heavy atom. The lowest BCUT2D eigenvalue weighted by atomic mass is 9.96. The Labute approximate surface area is 162 Å². The maximum atomic E-state index is 13.4. The van der Waals surface area contributed by atoms with Crippen molar-refractivity contribution in [3.8, 4) is 11.5 Å². The summed E-state index contributed by atoms with van der Waals surface area (Å²) in [6, 6.07) is 22.5. The van der Waals surface area contributed by atoms with Crippen LogP contribution in [0.25, 0.3) is 0 Å². The van der Waals surface area contributed by atoms with Crippen molar-refractivity contribution in [2.45, 2.75) is 18.7 Å². The summed E-state index contributed by atoms with van der Waals surface area (Å²) in [4.78, 5) is 0. The summed E-state index contributed by atoms with van der Waals surface area (Å²) in [6.07, 6.45) is 0.370. The Hall–Kier alpha value is -3.34. The van der Waals surface area contributed by atoms with Gasteiger partial charge in [0.2, 0.25) is 6.23 Å². The molecule has 28 heavy (non-hydrogen) atoms. The summed E-state index contributed by atoms with van der Waals surface area (Å²) in [5.41, 5.74) is 4.00. The number of hydrogen-bond acceptors (Lipinski definition) is 4. The molecule has 5 heteroatoms. The van der Waals surface area contributed by atoms with Crippen molar-refractivity contribution in [3.05, 3.63) is 95.3 Å². The Morgan fingerprint density at radius 1 is 1.04 bits per heavy atom. The fourth-order valence-electron chi connectivity index (χ4n) is 3.86. The zero-order valence-electron chi connectivity index (χ0n) is 15.4. The second-order valence-corrected chi connectivity index (χ2v) is 6.94. The quantitative estimate of drug-likeness (QED) is 0.641. The van der Waals surface area contributed by atoms with Crippen LogP contribution in [0.4, 0.5) is 4.39 Å². The molecule has 3 aromatic rings. The number of nitrogens with zero attached hydrogens (tertiary/aromatic N) is 2. The van der Waals surface area contributed by atoms with Gasteiger partial charge in [0.15, 0.2) is 0 Å². The first-order chi connectivity index (χ1) is 13.7. The molecule has 2 aliphatic rings. The molecule has 0 fully saturated rings. The molecule has 0 bridgehead atoms. The van der Waals surface area contributed by atoms with Gasteiger partial charge in [-0.3, -0.25) is 0 Å². The van der Waals surface area contributed by atoms with Crippen molar-refractivity contribution < 1.29 is 13.9 Å². The van der Waals surface area contributed by atoms with Gasteiger partial charge >= 0.3 is 0 Å². The maximum absolute atomic E-state index is 13.4. The van der Waals surface area contributed by atoms with Gasteiger partial charge in [-0.2, -0.15) is 5.10 Å². The van der Waals surface area contributed by atoms with Crippen LogP contribution < -0.4 is 9.47 Å². The number of hydrazone groups is 1. The third kappa shape index (κ3) is 2.80. The number of ether oxygens (including phenoxy) is 2. The van der Waals surface area contributed by atoms with E-state index in [1.807, 2.05) is 47.5 Å². The molecule has 0 aromatic heterocycles. The molecule has 2 aliphatic heterocycles. The van der Waals surface area contributed by atoms with Gasteiger partial charge in [0.25, 0.3) is 0 Å². The topological polar surface area (TPSA) is 34.1 Å². The van der Waals surface area contributed by atoms with Crippen LogP contribution in [0.5, 0.6) is 11.5 Å². The minimum absolute atomic E-state index is 0.0706. The van der Waals surface area contributed by atoms with E-state index in [1.54, 1.807) is 19.2 Å². The molecule has 0 spiro atoms. The largest absolute Gasteiger partial charge is 0.497 e. The van der Waals surface area contributed by atoms with E-state index in [9.17, 15) is 4.39 Å². The Morgan fingerprint density at radius 3 is 2.68 bits per heavy atom. The van der Waals surface area contributed by atoms with Gasteiger partial charge in [-0.15, -0.1) is 0 Å². The summed E-state index contributed by atoms with van der Waals surface area (Å²) in [5, 5.41) is 6.90. The van der Waals surface area contributed by atoms with Crippen LogP contribution in [-0.2, 0) is 0 Å². The van der Waals surface area contributed by atoms with Crippen molar-refractivity contribution in [2.24, 2.45) is 5.10 Å². The molecule has 0 N–H and O–H groups in total. The zero-order chi connectivity index (χ0) is 19.1. The monoisotopic (exact) mass is 374 g/mol. The third-order valence-electron chi connectivity index (χ3n) is 5.26. The number of halogens is 1. The molecule has 0 saturated carbocycles. The molecule has 2 heterocycles. The van der Waals surface area contributed by atoms with Gasteiger partial charge < -0.3 is 9.47 Å². The summed E-state index contributed by atoms with van der Waals surface area (Å²) in [5.74, 6) is 1.38. The fraction of sp³-hybridized carbons (Fsp3) is 0.174. The van der Waals surface area contributed by atoms with Crippen LogP contribution in [0.2, 0.25) is 0 Å². The van der Waals surface area contributed by atoms with Crippen LogP contribution in [-0.4, -0.2) is 17.8 Å². The molecule has 0 saturated heterocycles. The Bertz CT molecular complexity index is 1050. The van der Waals surface area contributed by atoms with Crippen molar-refractivity contribution in [2.75, 3.05) is 7.11 Å². The highest BCUT2D eigenvalue weighted by Crippen LogP contribution is 2.47. The lowest BCUT2D eigenvalue weighted by Gasteiger charge is -2.38. The number of fused-ring (bicyclic) bond motifs is 3. The highest BCUT2D eigenvalue weighted by atomic mass is 19.1. The van der Waals surface area contributed by atoms with E-state index in [4.69, 9.17) is 14.6 Å². The second kappa shape index (κ2) is 6.68. The SMILES string of the molecule is COc1cccc(C2=NN3[C@H](C2)c2ccccc2O[C@@H]3c2ccc(F)cc2)c1. The average Bonchev–Trinajstić information content (AvgIpc) is 3.20. The molecular weight excluding hydrogens is 355 g/mol. The van der Waals surface area contributed by atoms with E-state index in [-0.39, 0.29) is 11.9 Å². The maximum Gasteiger partial charge on any atom is 0.213 e. The molecule has 4 nitrogen and oxygen atoms in total. The summed E-state index contributed by atoms with van der Waals surface area (Å²) >= 11 is 0. The number of rotatable bonds is 3. The van der Waals surface area contributed by atoms with E-state index in [1.165, 1.54) is 12.1 Å². The van der Waals surface area contributed by atoms with Crippen molar-refractivity contribution in [1.82, 2.24) is 5.01 Å². The van der Waals surface area contributed by atoms with Crippen LogP contribution in [0.1, 0.15) is 35.4 Å². The van der Waals surface area contributed by atoms with Gasteiger partial charge in [-0.25, -0.2) is 9.40 Å². The smallest absolute Gasteiger partial charge is 0.213 e. The molecule has 0 amide bonds. The van der Waals surface area contributed by atoms with Gasteiger partial charge in [0, 0.05) is 23.1 Å². The second-order valence-electron chi connectivity index (χ2n) is 6.94. The minimum atomic E-state index is -0.399. The number of hydrogen-bond donors (Lipinski definition) is 0. The number of benzene rings is 3. The molecule has 5 rings (SSSR count). The summed E-state index contributed by atoms with van der Waals surface area (Å²) in [6.45, 7) is 0. The van der Waals surface area contributed by atoms with Crippen LogP contribution in [0.15, 0.2) is 77.9 Å². The predicted molar refractivity (Wildman–Crippen MR) is 105 cm³/mol. The van der Waals surface area contributed by atoms with Crippen molar-refractivity contribution in [1.29, 1.82) is 0 Å². The average molecular weight is 374 g/mol. The summed E-state index contributed by atoms with van der Waals surface area (Å²) < 4.78 is 25.1. The third-order valence-corrected chi connectivity index (χ3v) is 5.26. The van der Waals surface area contributed by atoms with Gasteiger partial charge in [-0.05, 0) is 30.3 Å². The fourth-order valence-corrected chi connectivity index (χ4v) is 3.86. The first-order valence-electron chi connectivity index (χ1n) is 9.24. The Kier molecular flexibility index (Phi) is 4.01. The molecule has 140 valence electrons. The highest BCUT2D eigenvalue weighted by Gasteiger charge is 2.40. The van der Waals surface area contributed by atoms with Crippen molar-refractivity contribution in [3.63, 3.8) is 0 Å². The van der Waals surface area contributed by atoms with E-state index in [0.29, 0.717) is 0 Å². The highest BCUT2D eigenvalue weighted by molar-refractivity contribution is 6.02. The first-order valence-corrected chi connectivity index (χ1v) is 9.24. The van der Waals surface area contributed by atoms with E-state index < -0.39 is 6.23 Å². The normalized spacial score (nSPS) is 20.1. The van der Waals surface area contributed by atoms with Crippen LogP contribution >= 0.6 is 0 Å². The molecular formula is C23H19FN2O2. The molecule has 2 atom stereocenters. The van der Waals surface area contributed by atoms with E-state index >= 15 is 0 Å². The van der Waals surface area contributed by atoms with Crippen LogP contribution in [0.3, 0.4) is 0 Å². The lowest BCUT2D eigenvalue weighted by molar-refractivity contribution is -0.0190. The van der Waals surface area contributed by atoms with Gasteiger partial charge in [0.1, 0.15) is 17.3 Å². The molecule has 0 aliphatic carbocycles. The standard InChI is InChI=1S/C23H19FN2O2/c1-27-18-6-4-5-16(13-18)20-14-21-19-7-2-3-8-22(19)28-23(26(21)25-20)15-9-11-17(24)12-10-15/h2-13,21,23H,14H2,1H3/t21-,23-/m1/s1. The van der Waals surface area contributed by atoms with Gasteiger partial charge in [0.05, 0.1) is 18.9 Å². The lowest BCUT2D eigenvalue weighted by Crippen LogP contribution is -2.33. The predicted octanol–water partition coefficient (Wildman–Crippen LogP) is 5.08. The van der Waals surface area contributed by atoms with E-state index in [2.05, 4.69) is 6.07 Å². The zero-order valence-corrected chi connectivity index (χ0v) is 15.4. The van der Waals surface area contributed by atoms with Crippen molar-refractivity contribution >= 4 is 5.71 Å². The van der Waals surface area contributed by atoms with Crippen LogP contribution in [0, 0.1) is 5.82 Å². The molecule has 0 unspecified atom stereocenters. The first kappa shape index (κ1) is 16.8. The molecule has 3 aromatic carbocycles. The minimum Gasteiger partial charge on any atom is -0.497 e. The number of para-hydroxylation sites is 1. The number of methoxy groups -OCH3 is 1. The molecule has 0 radical (unpaired) electrons.